The maximum atomic E-state index is 12.2. The highest BCUT2D eigenvalue weighted by molar-refractivity contribution is 7.23. The molecule has 34 heavy (non-hydrogen) atoms. The number of carbonyl (C=O) groups is 3. The number of urea groups is 1. The molecule has 3 aromatic rings. The molecule has 4 amide bonds. The fourth-order valence-corrected chi connectivity index (χ4v) is 4.73. The van der Waals surface area contributed by atoms with E-state index >= 15 is 0 Å². The van der Waals surface area contributed by atoms with Gasteiger partial charge in [0.25, 0.3) is 0 Å². The molecule has 0 spiro atoms. The van der Waals surface area contributed by atoms with E-state index in [-0.39, 0.29) is 17.8 Å². The molecule has 0 atom stereocenters. The van der Waals surface area contributed by atoms with Gasteiger partial charge < -0.3 is 21.7 Å². The van der Waals surface area contributed by atoms with Crippen LogP contribution in [0.5, 0.6) is 0 Å². The minimum absolute atomic E-state index is 0.276. The summed E-state index contributed by atoms with van der Waals surface area (Å²) in [6.45, 7) is 0.654. The smallest absolute Gasteiger partial charge is 0.320 e. The average Bonchev–Trinajstić information content (AvgIpc) is 3.40. The van der Waals surface area contributed by atoms with Crippen LogP contribution in [0.3, 0.4) is 0 Å². The summed E-state index contributed by atoms with van der Waals surface area (Å²) in [5.74, 6) is 0.188. The van der Waals surface area contributed by atoms with Crippen LogP contribution >= 0.6 is 22.7 Å². The molecule has 1 aliphatic carbocycles. The predicted molar refractivity (Wildman–Crippen MR) is 135 cm³/mol. The molecule has 1 saturated carbocycles. The van der Waals surface area contributed by atoms with Gasteiger partial charge in [0.1, 0.15) is 15.7 Å². The lowest BCUT2D eigenvalue weighted by molar-refractivity contribution is -0.117. The average molecular weight is 498 g/mol. The molecule has 1 aromatic carbocycles. The van der Waals surface area contributed by atoms with Gasteiger partial charge in [-0.1, -0.05) is 23.5 Å². The summed E-state index contributed by atoms with van der Waals surface area (Å²) in [7, 11) is 1.51. The van der Waals surface area contributed by atoms with E-state index in [2.05, 4.69) is 31.2 Å². The number of nitrogens with one attached hydrogen (secondary N) is 4. The number of anilines is 3. The molecular weight excluding hydrogens is 474 g/mol. The Kier molecular flexibility index (Phi) is 7.18. The Morgan fingerprint density at radius 3 is 2.71 bits per heavy atom. The van der Waals surface area contributed by atoms with Crippen LogP contribution in [0.25, 0.3) is 21.1 Å². The minimum atomic E-state index is -0.397. The predicted octanol–water partition coefficient (Wildman–Crippen LogP) is 3.29. The zero-order valence-corrected chi connectivity index (χ0v) is 19.9. The fourth-order valence-electron chi connectivity index (χ4n) is 2.93. The van der Waals surface area contributed by atoms with Gasteiger partial charge >= 0.3 is 6.03 Å². The molecule has 6 N–H and O–H groups in total. The Labute approximate surface area is 203 Å². The summed E-state index contributed by atoms with van der Waals surface area (Å²) in [6, 6.07) is 6.86. The van der Waals surface area contributed by atoms with Crippen LogP contribution in [-0.2, 0) is 9.59 Å². The van der Waals surface area contributed by atoms with Gasteiger partial charge in [0.2, 0.25) is 11.8 Å². The van der Waals surface area contributed by atoms with E-state index in [0.29, 0.717) is 38.9 Å². The summed E-state index contributed by atoms with van der Waals surface area (Å²) in [4.78, 5) is 44.9. The summed E-state index contributed by atoms with van der Waals surface area (Å²) in [5.41, 5.74) is 8.11. The molecule has 0 radical (unpaired) electrons. The first-order valence-corrected chi connectivity index (χ1v) is 12.2. The highest BCUT2D eigenvalue weighted by Gasteiger charge is 2.21. The van der Waals surface area contributed by atoms with Crippen molar-refractivity contribution in [2.45, 2.75) is 12.8 Å². The first-order valence-electron chi connectivity index (χ1n) is 10.5. The summed E-state index contributed by atoms with van der Waals surface area (Å²) < 4.78 is 0. The number of hydrogen-bond donors (Lipinski definition) is 5. The van der Waals surface area contributed by atoms with Crippen molar-refractivity contribution in [1.29, 1.82) is 0 Å². The summed E-state index contributed by atoms with van der Waals surface area (Å²) in [6.07, 6.45) is 4.75. The SMILES string of the molecule is CNC(=O)Nc1nc(N)c(-c2nc(-c3cccc(NC(=O)C=CC(=O)NCC4CC4)c3)cs2)s1. The van der Waals surface area contributed by atoms with Crippen molar-refractivity contribution in [3.05, 3.63) is 41.8 Å². The van der Waals surface area contributed by atoms with E-state index < -0.39 is 5.91 Å². The largest absolute Gasteiger partial charge is 0.382 e. The molecule has 2 heterocycles. The van der Waals surface area contributed by atoms with Crippen LogP contribution in [0.2, 0.25) is 0 Å². The maximum Gasteiger partial charge on any atom is 0.320 e. The first kappa shape index (κ1) is 23.4. The van der Waals surface area contributed by atoms with E-state index in [1.54, 1.807) is 12.1 Å². The van der Waals surface area contributed by atoms with Crippen molar-refractivity contribution < 1.29 is 14.4 Å². The van der Waals surface area contributed by atoms with E-state index in [1.165, 1.54) is 41.9 Å². The number of carbonyl (C=O) groups excluding carboxylic acids is 3. The van der Waals surface area contributed by atoms with Gasteiger partial charge in [-0.3, -0.25) is 14.9 Å². The standard InChI is InChI=1S/C22H23N7O3S2/c1-24-21(32)29-22-28-19(23)18(34-22)20-27-15(11-33-20)13-3-2-4-14(9-13)26-17(31)8-7-16(30)25-10-12-5-6-12/h2-4,7-9,11-12H,5-6,10,23H2,1H3,(H,25,30)(H,26,31)(H2,24,28,29,32). The second kappa shape index (κ2) is 10.4. The number of nitrogens with two attached hydrogens (primary N) is 1. The van der Waals surface area contributed by atoms with E-state index in [0.717, 1.165) is 18.4 Å². The summed E-state index contributed by atoms with van der Waals surface area (Å²) >= 11 is 2.63. The van der Waals surface area contributed by atoms with Gasteiger partial charge in [0.15, 0.2) is 5.13 Å². The van der Waals surface area contributed by atoms with Crippen LogP contribution < -0.4 is 27.0 Å². The van der Waals surface area contributed by atoms with E-state index in [1.807, 2.05) is 17.5 Å². The van der Waals surface area contributed by atoms with Crippen molar-refractivity contribution in [2.75, 3.05) is 30.0 Å². The molecule has 0 unspecified atom stereocenters. The molecule has 2 aromatic heterocycles. The quantitative estimate of drug-likeness (QED) is 0.301. The molecule has 10 nitrogen and oxygen atoms in total. The molecule has 1 aliphatic rings. The van der Waals surface area contributed by atoms with Crippen LogP contribution in [0.15, 0.2) is 41.8 Å². The molecule has 0 bridgehead atoms. The maximum absolute atomic E-state index is 12.2. The molecule has 0 aliphatic heterocycles. The lowest BCUT2D eigenvalue weighted by Gasteiger charge is -2.04. The Bertz CT molecular complexity index is 1250. The Hall–Kier alpha value is -3.77. The number of benzene rings is 1. The third-order valence-electron chi connectivity index (χ3n) is 4.87. The number of rotatable bonds is 8. The van der Waals surface area contributed by atoms with Gasteiger partial charge in [0.05, 0.1) is 5.69 Å². The second-order valence-corrected chi connectivity index (χ2v) is 9.42. The van der Waals surface area contributed by atoms with Crippen LogP contribution in [0.1, 0.15) is 12.8 Å². The Balaban J connectivity index is 1.41. The van der Waals surface area contributed by atoms with Crippen molar-refractivity contribution in [3.63, 3.8) is 0 Å². The van der Waals surface area contributed by atoms with Crippen molar-refractivity contribution in [3.8, 4) is 21.1 Å². The van der Waals surface area contributed by atoms with Crippen LogP contribution in [0.4, 0.5) is 21.4 Å². The minimum Gasteiger partial charge on any atom is -0.382 e. The molecule has 176 valence electrons. The van der Waals surface area contributed by atoms with Gasteiger partial charge in [-0.05, 0) is 30.9 Å². The molecule has 1 fully saturated rings. The normalized spacial score (nSPS) is 13.0. The number of hydrogen-bond acceptors (Lipinski definition) is 8. The number of aromatic nitrogens is 2. The molecular formula is C22H23N7O3S2. The monoisotopic (exact) mass is 497 g/mol. The zero-order valence-electron chi connectivity index (χ0n) is 18.3. The Morgan fingerprint density at radius 1 is 1.15 bits per heavy atom. The van der Waals surface area contributed by atoms with Gasteiger partial charge in [-0.25, -0.2) is 14.8 Å². The second-order valence-electron chi connectivity index (χ2n) is 7.57. The third-order valence-corrected chi connectivity index (χ3v) is 6.86. The van der Waals surface area contributed by atoms with Crippen molar-refractivity contribution in [2.24, 2.45) is 5.92 Å². The Morgan fingerprint density at radius 2 is 1.94 bits per heavy atom. The zero-order chi connectivity index (χ0) is 24.1. The van der Waals surface area contributed by atoms with E-state index in [4.69, 9.17) is 5.73 Å². The summed E-state index contributed by atoms with van der Waals surface area (Å²) in [5, 5.41) is 13.5. The molecule has 12 heteroatoms. The lowest BCUT2D eigenvalue weighted by atomic mass is 10.1. The number of thiazole rings is 2. The highest BCUT2D eigenvalue weighted by Crippen LogP contribution is 2.38. The number of nitrogen functional groups attached to an aromatic ring is 1. The lowest BCUT2D eigenvalue weighted by Crippen LogP contribution is -2.24. The molecule has 0 saturated heterocycles. The fraction of sp³-hybridized carbons (Fsp3) is 0.227. The van der Waals surface area contributed by atoms with Crippen molar-refractivity contribution in [1.82, 2.24) is 20.6 Å². The van der Waals surface area contributed by atoms with Crippen LogP contribution in [-0.4, -0.2) is 41.4 Å². The van der Waals surface area contributed by atoms with Gasteiger partial charge in [-0.2, -0.15) is 0 Å². The molecule has 4 rings (SSSR count). The number of nitrogens with zero attached hydrogens (tertiary/aromatic N) is 2. The first-order chi connectivity index (χ1) is 16.4. The topological polar surface area (TPSA) is 151 Å². The highest BCUT2D eigenvalue weighted by atomic mass is 32.1. The van der Waals surface area contributed by atoms with Crippen LogP contribution in [0, 0.1) is 5.92 Å². The third kappa shape index (κ3) is 6.17. The number of amides is 4. The van der Waals surface area contributed by atoms with Gasteiger partial charge in [0, 0.05) is 42.4 Å². The van der Waals surface area contributed by atoms with Crippen molar-refractivity contribution >= 4 is 57.2 Å². The van der Waals surface area contributed by atoms with Gasteiger partial charge in [-0.15, -0.1) is 11.3 Å². The van der Waals surface area contributed by atoms with E-state index in [9.17, 15) is 14.4 Å².